The van der Waals surface area contributed by atoms with Crippen molar-refractivity contribution in [2.45, 2.75) is 33.1 Å². The first kappa shape index (κ1) is 17.0. The average molecular weight is 303 g/mol. The second kappa shape index (κ2) is 9.58. The summed E-state index contributed by atoms with van der Waals surface area (Å²) >= 11 is 0. The standard InChI is InChI=1S/C17H13N.C5H12/c1-2-5-14(6-3-1)16-7-4-8-17(13-16)15-9-11-18-12-10-15;1-3-5-4-2/h1-13H;3-5H2,1-2H3. The van der Waals surface area contributed by atoms with Crippen molar-refractivity contribution in [2.75, 3.05) is 0 Å². The molecule has 118 valence electrons. The van der Waals surface area contributed by atoms with E-state index in [4.69, 9.17) is 0 Å². The zero-order chi connectivity index (χ0) is 16.3. The Balaban J connectivity index is 0.000000338. The quantitative estimate of drug-likeness (QED) is 0.528. The largest absolute Gasteiger partial charge is 0.265 e. The molecule has 1 aromatic heterocycles. The van der Waals surface area contributed by atoms with Crippen LogP contribution in [-0.2, 0) is 0 Å². The van der Waals surface area contributed by atoms with Gasteiger partial charge in [-0.1, -0.05) is 81.6 Å². The molecule has 0 N–H and O–H groups in total. The average Bonchev–Trinajstić information content (AvgIpc) is 2.65. The molecule has 0 saturated heterocycles. The van der Waals surface area contributed by atoms with Crippen LogP contribution >= 0.6 is 0 Å². The summed E-state index contributed by atoms with van der Waals surface area (Å²) in [6.07, 6.45) is 7.72. The van der Waals surface area contributed by atoms with E-state index in [1.165, 1.54) is 41.5 Å². The van der Waals surface area contributed by atoms with Crippen molar-refractivity contribution >= 4 is 0 Å². The third kappa shape index (κ3) is 5.37. The van der Waals surface area contributed by atoms with Gasteiger partial charge < -0.3 is 0 Å². The first-order chi connectivity index (χ1) is 11.3. The summed E-state index contributed by atoms with van der Waals surface area (Å²) in [5.41, 5.74) is 4.90. The van der Waals surface area contributed by atoms with E-state index in [9.17, 15) is 0 Å². The highest BCUT2D eigenvalue weighted by Gasteiger charge is 2.00. The first-order valence-corrected chi connectivity index (χ1v) is 8.41. The fraction of sp³-hybridized carbons (Fsp3) is 0.227. The van der Waals surface area contributed by atoms with Crippen molar-refractivity contribution in [2.24, 2.45) is 0 Å². The molecule has 1 heterocycles. The molecule has 1 nitrogen and oxygen atoms in total. The Hall–Kier alpha value is -2.41. The molecule has 0 radical (unpaired) electrons. The van der Waals surface area contributed by atoms with Crippen molar-refractivity contribution in [1.82, 2.24) is 4.98 Å². The van der Waals surface area contributed by atoms with Gasteiger partial charge in [-0.25, -0.2) is 0 Å². The van der Waals surface area contributed by atoms with Crippen molar-refractivity contribution in [1.29, 1.82) is 0 Å². The summed E-state index contributed by atoms with van der Waals surface area (Å²) in [4.78, 5) is 4.05. The predicted octanol–water partition coefficient (Wildman–Crippen LogP) is 6.61. The Morgan fingerprint density at radius 1 is 0.609 bits per heavy atom. The lowest BCUT2D eigenvalue weighted by molar-refractivity contribution is 0.772. The normalized spacial score (nSPS) is 9.83. The highest BCUT2D eigenvalue weighted by Crippen LogP contribution is 2.25. The lowest BCUT2D eigenvalue weighted by Crippen LogP contribution is -1.81. The Morgan fingerprint density at radius 2 is 1.13 bits per heavy atom. The minimum absolute atomic E-state index is 1.20. The number of hydrogen-bond donors (Lipinski definition) is 0. The topological polar surface area (TPSA) is 12.9 Å². The maximum Gasteiger partial charge on any atom is 0.0273 e. The molecule has 0 aliphatic heterocycles. The zero-order valence-corrected chi connectivity index (χ0v) is 14.1. The molecule has 0 unspecified atom stereocenters. The summed E-state index contributed by atoms with van der Waals surface area (Å²) < 4.78 is 0. The highest BCUT2D eigenvalue weighted by atomic mass is 14.6. The van der Waals surface area contributed by atoms with Gasteiger partial charge in [0.1, 0.15) is 0 Å². The number of hydrogen-bond acceptors (Lipinski definition) is 1. The lowest BCUT2D eigenvalue weighted by atomic mass is 10.00. The van der Waals surface area contributed by atoms with E-state index in [1.807, 2.05) is 30.6 Å². The zero-order valence-electron chi connectivity index (χ0n) is 14.1. The molecule has 0 atom stereocenters. The fourth-order valence-electron chi connectivity index (χ4n) is 2.41. The van der Waals surface area contributed by atoms with Crippen LogP contribution in [0.2, 0.25) is 0 Å². The van der Waals surface area contributed by atoms with Gasteiger partial charge in [0.25, 0.3) is 0 Å². The Labute approximate surface area is 140 Å². The summed E-state index contributed by atoms with van der Waals surface area (Å²) in [6.45, 7) is 4.42. The SMILES string of the molecule is CCCCC.c1ccc(-c2cccc(-c3ccncc3)c2)cc1. The minimum Gasteiger partial charge on any atom is -0.265 e. The molecule has 0 aliphatic carbocycles. The molecule has 0 bridgehead atoms. The van der Waals surface area contributed by atoms with Gasteiger partial charge in [0, 0.05) is 12.4 Å². The maximum absolute atomic E-state index is 4.05. The van der Waals surface area contributed by atoms with Crippen molar-refractivity contribution in [3.8, 4) is 22.3 Å². The van der Waals surface area contributed by atoms with Crippen LogP contribution < -0.4 is 0 Å². The van der Waals surface area contributed by atoms with Crippen LogP contribution in [0.15, 0.2) is 79.1 Å². The summed E-state index contributed by atoms with van der Waals surface area (Å²) in [5.74, 6) is 0. The van der Waals surface area contributed by atoms with Crippen LogP contribution in [0.25, 0.3) is 22.3 Å². The van der Waals surface area contributed by atoms with E-state index in [-0.39, 0.29) is 0 Å². The van der Waals surface area contributed by atoms with Crippen molar-refractivity contribution in [3.05, 3.63) is 79.1 Å². The summed E-state index contributed by atoms with van der Waals surface area (Å²) in [7, 11) is 0. The predicted molar refractivity (Wildman–Crippen MR) is 100 cm³/mol. The van der Waals surface area contributed by atoms with Gasteiger partial charge in [-0.2, -0.15) is 0 Å². The molecule has 1 heteroatoms. The second-order valence-electron chi connectivity index (χ2n) is 5.54. The number of pyridine rings is 1. The van der Waals surface area contributed by atoms with Crippen molar-refractivity contribution in [3.63, 3.8) is 0 Å². The molecule has 23 heavy (non-hydrogen) atoms. The molecule has 0 spiro atoms. The third-order valence-electron chi connectivity index (χ3n) is 3.69. The number of unbranched alkanes of at least 4 members (excludes halogenated alkanes) is 2. The van der Waals surface area contributed by atoms with E-state index in [1.54, 1.807) is 0 Å². The van der Waals surface area contributed by atoms with E-state index in [2.05, 4.69) is 67.4 Å². The van der Waals surface area contributed by atoms with Crippen LogP contribution in [0.5, 0.6) is 0 Å². The number of rotatable bonds is 4. The minimum atomic E-state index is 1.20. The van der Waals surface area contributed by atoms with Crippen LogP contribution in [0.1, 0.15) is 33.1 Å². The van der Waals surface area contributed by atoms with E-state index in [0.29, 0.717) is 0 Å². The van der Waals surface area contributed by atoms with Gasteiger partial charge in [-0.3, -0.25) is 4.98 Å². The van der Waals surface area contributed by atoms with Gasteiger partial charge in [0.05, 0.1) is 0 Å². The van der Waals surface area contributed by atoms with Gasteiger partial charge in [0.15, 0.2) is 0 Å². The Bertz CT molecular complexity index is 618. The number of benzene rings is 2. The van der Waals surface area contributed by atoms with Crippen molar-refractivity contribution < 1.29 is 0 Å². The van der Waals surface area contributed by atoms with Crippen LogP contribution in [0, 0.1) is 0 Å². The third-order valence-corrected chi connectivity index (χ3v) is 3.69. The summed E-state index contributed by atoms with van der Waals surface area (Å²) in [5, 5.41) is 0. The highest BCUT2D eigenvalue weighted by molar-refractivity contribution is 5.72. The fourth-order valence-corrected chi connectivity index (χ4v) is 2.41. The second-order valence-corrected chi connectivity index (χ2v) is 5.54. The van der Waals surface area contributed by atoms with E-state index >= 15 is 0 Å². The number of nitrogens with zero attached hydrogens (tertiary/aromatic N) is 1. The van der Waals surface area contributed by atoms with Crippen LogP contribution in [-0.4, -0.2) is 4.98 Å². The van der Waals surface area contributed by atoms with Crippen LogP contribution in [0.4, 0.5) is 0 Å². The molecule has 2 aromatic carbocycles. The maximum atomic E-state index is 4.05. The Morgan fingerprint density at radius 3 is 1.65 bits per heavy atom. The smallest absolute Gasteiger partial charge is 0.0273 e. The summed E-state index contributed by atoms with van der Waals surface area (Å²) in [6, 6.07) is 23.1. The lowest BCUT2D eigenvalue weighted by Gasteiger charge is -2.05. The molecule has 3 aromatic rings. The molecular weight excluding hydrogens is 278 g/mol. The Kier molecular flexibility index (Phi) is 7.06. The van der Waals surface area contributed by atoms with E-state index < -0.39 is 0 Å². The van der Waals surface area contributed by atoms with E-state index in [0.717, 1.165) is 0 Å². The molecule has 3 rings (SSSR count). The van der Waals surface area contributed by atoms with Crippen LogP contribution in [0.3, 0.4) is 0 Å². The molecule has 0 saturated carbocycles. The molecular formula is C22H25N. The monoisotopic (exact) mass is 303 g/mol. The van der Waals surface area contributed by atoms with Gasteiger partial charge in [-0.15, -0.1) is 0 Å². The van der Waals surface area contributed by atoms with Gasteiger partial charge in [0.2, 0.25) is 0 Å². The van der Waals surface area contributed by atoms with Gasteiger partial charge in [-0.05, 0) is 40.5 Å². The molecule has 0 amide bonds. The molecule has 0 aliphatic rings. The first-order valence-electron chi connectivity index (χ1n) is 8.41. The number of aromatic nitrogens is 1. The molecule has 0 fully saturated rings. The van der Waals surface area contributed by atoms with Gasteiger partial charge >= 0.3 is 0 Å².